The van der Waals surface area contributed by atoms with E-state index in [1.54, 1.807) is 26.0 Å². The number of carbonyl (C=O) groups excluding carboxylic acids is 1. The third-order valence-corrected chi connectivity index (χ3v) is 2.32. The minimum Gasteiger partial charge on any atom is -0.458 e. The van der Waals surface area contributed by atoms with Crippen LogP contribution in [0.5, 0.6) is 0 Å². The van der Waals surface area contributed by atoms with Gasteiger partial charge in [-0.15, -0.1) is 0 Å². The number of esters is 1. The molecule has 0 amide bonds. The van der Waals surface area contributed by atoms with Crippen LogP contribution in [0, 0.1) is 12.7 Å². The van der Waals surface area contributed by atoms with Gasteiger partial charge in [0.2, 0.25) is 0 Å². The molecule has 1 N–H and O–H groups in total. The van der Waals surface area contributed by atoms with Gasteiger partial charge >= 0.3 is 5.97 Å². The Labute approximate surface area is 107 Å². The Morgan fingerprint density at radius 2 is 2.00 bits per heavy atom. The molecule has 0 aliphatic heterocycles. The molecule has 0 radical (unpaired) electrons. The molecule has 0 aromatic heterocycles. The molecule has 0 heterocycles. The topological polar surface area (TPSA) is 38.3 Å². The zero-order valence-corrected chi connectivity index (χ0v) is 11.5. The summed E-state index contributed by atoms with van der Waals surface area (Å²) >= 11 is 0. The van der Waals surface area contributed by atoms with Gasteiger partial charge in [-0.1, -0.05) is 6.07 Å². The van der Waals surface area contributed by atoms with E-state index in [-0.39, 0.29) is 11.8 Å². The van der Waals surface area contributed by atoms with Crippen molar-refractivity contribution in [1.82, 2.24) is 0 Å². The molecule has 1 aromatic rings. The number of halogens is 1. The maximum absolute atomic E-state index is 13.3. The molecule has 0 fully saturated rings. The van der Waals surface area contributed by atoms with Gasteiger partial charge in [-0.3, -0.25) is 0 Å². The number of nitrogens with one attached hydrogen (secondary N) is 1. The highest BCUT2D eigenvalue weighted by Gasteiger charge is 2.21. The van der Waals surface area contributed by atoms with Crippen LogP contribution < -0.4 is 5.32 Å². The fourth-order valence-corrected chi connectivity index (χ4v) is 1.38. The fourth-order valence-electron chi connectivity index (χ4n) is 1.38. The minimum absolute atomic E-state index is 0.295. The van der Waals surface area contributed by atoms with Crippen LogP contribution in [-0.4, -0.2) is 17.6 Å². The predicted octanol–water partition coefficient (Wildman–Crippen LogP) is 3.28. The van der Waals surface area contributed by atoms with Gasteiger partial charge in [0.1, 0.15) is 17.5 Å². The molecule has 4 heteroatoms. The maximum Gasteiger partial charge on any atom is 0.328 e. The van der Waals surface area contributed by atoms with E-state index >= 15 is 0 Å². The molecular weight excluding hydrogens is 233 g/mol. The Morgan fingerprint density at radius 3 is 2.50 bits per heavy atom. The lowest BCUT2D eigenvalue weighted by molar-refractivity contribution is -0.155. The van der Waals surface area contributed by atoms with Crippen LogP contribution in [0.15, 0.2) is 18.2 Å². The summed E-state index contributed by atoms with van der Waals surface area (Å²) in [7, 11) is 0. The van der Waals surface area contributed by atoms with E-state index in [0.717, 1.165) is 0 Å². The molecule has 0 bridgehead atoms. The summed E-state index contributed by atoms with van der Waals surface area (Å²) < 4.78 is 18.6. The van der Waals surface area contributed by atoms with Crippen molar-refractivity contribution >= 4 is 11.7 Å². The van der Waals surface area contributed by atoms with Crippen molar-refractivity contribution in [3.05, 3.63) is 29.6 Å². The van der Waals surface area contributed by atoms with Gasteiger partial charge in [-0.05, 0) is 52.3 Å². The Kier molecular flexibility index (Phi) is 4.33. The smallest absolute Gasteiger partial charge is 0.328 e. The molecule has 0 aliphatic carbocycles. The maximum atomic E-state index is 13.3. The number of hydrogen-bond acceptors (Lipinski definition) is 3. The first-order valence-electron chi connectivity index (χ1n) is 5.94. The van der Waals surface area contributed by atoms with Crippen molar-refractivity contribution in [2.75, 3.05) is 5.32 Å². The van der Waals surface area contributed by atoms with Crippen molar-refractivity contribution < 1.29 is 13.9 Å². The van der Waals surface area contributed by atoms with Crippen molar-refractivity contribution in [3.63, 3.8) is 0 Å². The van der Waals surface area contributed by atoms with Crippen LogP contribution in [-0.2, 0) is 9.53 Å². The third kappa shape index (κ3) is 4.35. The monoisotopic (exact) mass is 253 g/mol. The highest BCUT2D eigenvalue weighted by Crippen LogP contribution is 2.16. The van der Waals surface area contributed by atoms with E-state index in [0.29, 0.717) is 11.3 Å². The predicted molar refractivity (Wildman–Crippen MR) is 70.1 cm³/mol. The molecule has 1 unspecified atom stereocenters. The lowest BCUT2D eigenvalue weighted by atomic mass is 10.2. The minimum atomic E-state index is -0.522. The molecule has 1 atom stereocenters. The van der Waals surface area contributed by atoms with Crippen LogP contribution in [0.1, 0.15) is 33.3 Å². The Morgan fingerprint density at radius 1 is 1.39 bits per heavy atom. The summed E-state index contributed by atoms with van der Waals surface area (Å²) in [4.78, 5) is 11.7. The second kappa shape index (κ2) is 5.38. The van der Waals surface area contributed by atoms with Crippen molar-refractivity contribution in [2.24, 2.45) is 0 Å². The van der Waals surface area contributed by atoms with Crippen LogP contribution in [0.2, 0.25) is 0 Å². The van der Waals surface area contributed by atoms with E-state index in [2.05, 4.69) is 5.32 Å². The molecule has 18 heavy (non-hydrogen) atoms. The largest absolute Gasteiger partial charge is 0.458 e. The van der Waals surface area contributed by atoms with Crippen molar-refractivity contribution in [3.8, 4) is 0 Å². The summed E-state index contributed by atoms with van der Waals surface area (Å²) in [6.07, 6.45) is 0. The second-order valence-corrected chi connectivity index (χ2v) is 5.36. The van der Waals surface area contributed by atoms with E-state index in [4.69, 9.17) is 4.74 Å². The molecule has 0 saturated carbocycles. The summed E-state index contributed by atoms with van der Waals surface area (Å²) in [5.41, 5.74) is 0.618. The molecule has 1 rings (SSSR count). The lowest BCUT2D eigenvalue weighted by Crippen LogP contribution is -2.34. The van der Waals surface area contributed by atoms with Crippen molar-refractivity contribution in [1.29, 1.82) is 0 Å². The number of anilines is 1. The fraction of sp³-hybridized carbons (Fsp3) is 0.500. The van der Waals surface area contributed by atoms with Gasteiger partial charge in [0.25, 0.3) is 0 Å². The SMILES string of the molecule is Cc1ccc(NC(C)C(=O)OC(C)(C)C)cc1F. The first-order valence-corrected chi connectivity index (χ1v) is 5.94. The summed E-state index contributed by atoms with van der Waals surface area (Å²) in [6, 6.07) is 4.25. The number of ether oxygens (including phenoxy) is 1. The van der Waals surface area contributed by atoms with E-state index in [1.807, 2.05) is 20.8 Å². The number of rotatable bonds is 3. The Hall–Kier alpha value is -1.58. The molecule has 1 aromatic carbocycles. The summed E-state index contributed by atoms with van der Waals surface area (Å²) in [5.74, 6) is -0.653. The normalized spacial score (nSPS) is 13.0. The van der Waals surface area contributed by atoms with Gasteiger partial charge in [-0.25, -0.2) is 9.18 Å². The van der Waals surface area contributed by atoms with E-state index in [9.17, 15) is 9.18 Å². The number of carbonyl (C=O) groups is 1. The second-order valence-electron chi connectivity index (χ2n) is 5.36. The molecular formula is C14H20FNO2. The first kappa shape index (κ1) is 14.5. The van der Waals surface area contributed by atoms with Gasteiger partial charge in [0, 0.05) is 5.69 Å². The van der Waals surface area contributed by atoms with E-state index in [1.165, 1.54) is 6.07 Å². The van der Waals surface area contributed by atoms with Crippen LogP contribution in [0.25, 0.3) is 0 Å². The number of hydrogen-bond donors (Lipinski definition) is 1. The Balaban J connectivity index is 2.66. The molecule has 0 aliphatic rings. The van der Waals surface area contributed by atoms with Gasteiger partial charge in [0.15, 0.2) is 0 Å². The van der Waals surface area contributed by atoms with Crippen LogP contribution >= 0.6 is 0 Å². The van der Waals surface area contributed by atoms with E-state index < -0.39 is 11.6 Å². The average Bonchev–Trinajstić information content (AvgIpc) is 2.21. The highest BCUT2D eigenvalue weighted by molar-refractivity contribution is 5.79. The highest BCUT2D eigenvalue weighted by atomic mass is 19.1. The molecule has 0 spiro atoms. The zero-order chi connectivity index (χ0) is 13.9. The summed E-state index contributed by atoms with van der Waals surface area (Å²) in [5, 5.41) is 2.92. The van der Waals surface area contributed by atoms with Crippen molar-refractivity contribution in [2.45, 2.75) is 46.3 Å². The number of aryl methyl sites for hydroxylation is 1. The standard InChI is InChI=1S/C14H20FNO2/c1-9-6-7-11(8-12(9)15)16-10(2)13(17)18-14(3,4)5/h6-8,10,16H,1-5H3. The quantitative estimate of drug-likeness (QED) is 0.840. The van der Waals surface area contributed by atoms with Gasteiger partial charge < -0.3 is 10.1 Å². The first-order chi connectivity index (χ1) is 8.19. The average molecular weight is 253 g/mol. The van der Waals surface area contributed by atoms with Gasteiger partial charge in [-0.2, -0.15) is 0 Å². The number of benzene rings is 1. The summed E-state index contributed by atoms with van der Waals surface area (Å²) in [6.45, 7) is 8.80. The molecule has 0 saturated heterocycles. The van der Waals surface area contributed by atoms with Crippen LogP contribution in [0.4, 0.5) is 10.1 Å². The van der Waals surface area contributed by atoms with Gasteiger partial charge in [0.05, 0.1) is 0 Å². The molecule has 3 nitrogen and oxygen atoms in total. The Bertz CT molecular complexity index is 438. The lowest BCUT2D eigenvalue weighted by Gasteiger charge is -2.23. The third-order valence-electron chi connectivity index (χ3n) is 2.32. The molecule has 100 valence electrons. The van der Waals surface area contributed by atoms with Crippen LogP contribution in [0.3, 0.4) is 0 Å². The zero-order valence-electron chi connectivity index (χ0n) is 11.5.